The monoisotopic (exact) mass is 333 g/mol. The number of hydrogen-bond acceptors (Lipinski definition) is 5. The summed E-state index contributed by atoms with van der Waals surface area (Å²) in [4.78, 5) is 27.3. The molecular formula is C16H19N3O3S. The molecule has 2 amide bonds. The highest BCUT2D eigenvalue weighted by molar-refractivity contribution is 7.13. The first-order valence-corrected chi connectivity index (χ1v) is 8.07. The number of thiazole rings is 1. The topological polar surface area (TPSA) is 94.3 Å². The van der Waals surface area contributed by atoms with Crippen molar-refractivity contribution in [3.8, 4) is 16.3 Å². The van der Waals surface area contributed by atoms with Gasteiger partial charge in [-0.1, -0.05) is 0 Å². The molecule has 0 unspecified atom stereocenters. The number of ether oxygens (including phenoxy) is 1. The van der Waals surface area contributed by atoms with Crippen molar-refractivity contribution in [3.05, 3.63) is 35.3 Å². The molecule has 7 heteroatoms. The van der Waals surface area contributed by atoms with Crippen LogP contribution in [-0.4, -0.2) is 28.9 Å². The third-order valence-corrected chi connectivity index (χ3v) is 3.88. The van der Waals surface area contributed by atoms with Gasteiger partial charge in [0.05, 0.1) is 6.10 Å². The number of nitrogens with zero attached hydrogens (tertiary/aromatic N) is 1. The Kier molecular flexibility index (Phi) is 5.33. The van der Waals surface area contributed by atoms with Gasteiger partial charge in [0.2, 0.25) is 5.91 Å². The molecule has 1 atom stereocenters. The predicted molar refractivity (Wildman–Crippen MR) is 89.4 cm³/mol. The van der Waals surface area contributed by atoms with Crippen LogP contribution >= 0.6 is 11.3 Å². The van der Waals surface area contributed by atoms with Crippen molar-refractivity contribution < 1.29 is 14.3 Å². The fourth-order valence-electron chi connectivity index (χ4n) is 1.80. The summed E-state index contributed by atoms with van der Waals surface area (Å²) in [6.45, 7) is 5.46. The number of nitrogens with two attached hydrogens (primary N) is 1. The van der Waals surface area contributed by atoms with Crippen LogP contribution in [0.25, 0.3) is 10.6 Å². The van der Waals surface area contributed by atoms with E-state index < -0.39 is 17.9 Å². The summed E-state index contributed by atoms with van der Waals surface area (Å²) in [7, 11) is 0. The summed E-state index contributed by atoms with van der Waals surface area (Å²) in [5.41, 5.74) is 6.28. The average Bonchev–Trinajstić information content (AvgIpc) is 2.97. The van der Waals surface area contributed by atoms with Crippen molar-refractivity contribution in [1.82, 2.24) is 10.3 Å². The number of primary amides is 1. The molecule has 122 valence electrons. The van der Waals surface area contributed by atoms with Gasteiger partial charge in [-0.2, -0.15) is 0 Å². The lowest BCUT2D eigenvalue weighted by atomic mass is 10.2. The van der Waals surface area contributed by atoms with Crippen LogP contribution in [0.3, 0.4) is 0 Å². The standard InChI is InChI=1S/C16H19N3O3S/c1-9(2)22-12-6-4-11(5-7-12)16-19-13(8-23-16)15(21)18-10(3)14(17)20/h4-10H,1-3H3,(H2,17,20)(H,18,21)/t10-/m1/s1. The van der Waals surface area contributed by atoms with Gasteiger partial charge in [-0.25, -0.2) is 4.98 Å². The SMILES string of the molecule is CC(C)Oc1ccc(-c2nc(C(=O)N[C@H](C)C(N)=O)cs2)cc1. The van der Waals surface area contributed by atoms with E-state index in [9.17, 15) is 9.59 Å². The molecule has 2 rings (SSSR count). The minimum atomic E-state index is -0.736. The smallest absolute Gasteiger partial charge is 0.271 e. The number of benzene rings is 1. The van der Waals surface area contributed by atoms with E-state index in [1.54, 1.807) is 5.38 Å². The first-order valence-electron chi connectivity index (χ1n) is 7.19. The van der Waals surface area contributed by atoms with Gasteiger partial charge in [-0.3, -0.25) is 9.59 Å². The quantitative estimate of drug-likeness (QED) is 0.847. The minimum absolute atomic E-state index is 0.114. The van der Waals surface area contributed by atoms with Crippen LogP contribution < -0.4 is 15.8 Å². The maximum Gasteiger partial charge on any atom is 0.271 e. The molecule has 0 radical (unpaired) electrons. The average molecular weight is 333 g/mol. The first-order chi connectivity index (χ1) is 10.9. The Bertz CT molecular complexity index is 695. The molecule has 23 heavy (non-hydrogen) atoms. The zero-order chi connectivity index (χ0) is 17.0. The maximum absolute atomic E-state index is 12.0. The fourth-order valence-corrected chi connectivity index (χ4v) is 2.61. The van der Waals surface area contributed by atoms with Crippen LogP contribution in [0.15, 0.2) is 29.6 Å². The van der Waals surface area contributed by atoms with Gasteiger partial charge >= 0.3 is 0 Å². The number of aromatic nitrogens is 1. The Labute approximate surface area is 138 Å². The lowest BCUT2D eigenvalue weighted by molar-refractivity contribution is -0.119. The summed E-state index contributed by atoms with van der Waals surface area (Å²) in [5.74, 6) is -0.221. The van der Waals surface area contributed by atoms with Crippen LogP contribution in [0, 0.1) is 0 Å². The normalized spacial score (nSPS) is 12.0. The molecule has 1 aromatic carbocycles. The van der Waals surface area contributed by atoms with Crippen LogP contribution in [-0.2, 0) is 4.79 Å². The van der Waals surface area contributed by atoms with E-state index in [1.807, 2.05) is 38.1 Å². The van der Waals surface area contributed by atoms with Crippen molar-refractivity contribution in [2.24, 2.45) is 5.73 Å². The van der Waals surface area contributed by atoms with Gasteiger partial charge in [-0.15, -0.1) is 11.3 Å². The summed E-state index contributed by atoms with van der Waals surface area (Å²) in [5, 5.41) is 4.87. The van der Waals surface area contributed by atoms with Crippen LogP contribution in [0.2, 0.25) is 0 Å². The Hall–Kier alpha value is -2.41. The minimum Gasteiger partial charge on any atom is -0.491 e. The lowest BCUT2D eigenvalue weighted by Crippen LogP contribution is -2.42. The van der Waals surface area contributed by atoms with Crippen LogP contribution in [0.1, 0.15) is 31.3 Å². The molecule has 2 aromatic rings. The van der Waals surface area contributed by atoms with Crippen molar-refractivity contribution >= 4 is 23.2 Å². The fraction of sp³-hybridized carbons (Fsp3) is 0.312. The van der Waals surface area contributed by atoms with Gasteiger partial charge in [0, 0.05) is 10.9 Å². The highest BCUT2D eigenvalue weighted by atomic mass is 32.1. The Balaban J connectivity index is 2.09. The summed E-state index contributed by atoms with van der Waals surface area (Å²) >= 11 is 1.36. The van der Waals surface area contributed by atoms with E-state index in [4.69, 9.17) is 10.5 Å². The molecule has 0 saturated carbocycles. The number of rotatable bonds is 6. The molecule has 0 aliphatic rings. The highest BCUT2D eigenvalue weighted by Gasteiger charge is 2.16. The molecule has 3 N–H and O–H groups in total. The second-order valence-electron chi connectivity index (χ2n) is 5.33. The largest absolute Gasteiger partial charge is 0.491 e. The number of hydrogen-bond donors (Lipinski definition) is 2. The van der Waals surface area contributed by atoms with E-state index >= 15 is 0 Å². The number of carbonyl (C=O) groups excluding carboxylic acids is 2. The molecule has 1 aromatic heterocycles. The molecular weight excluding hydrogens is 314 g/mol. The second-order valence-corrected chi connectivity index (χ2v) is 6.18. The van der Waals surface area contributed by atoms with Gasteiger partial charge in [0.15, 0.2) is 0 Å². The van der Waals surface area contributed by atoms with Gasteiger partial charge in [-0.05, 0) is 45.0 Å². The van der Waals surface area contributed by atoms with Gasteiger partial charge < -0.3 is 15.8 Å². The van der Waals surface area contributed by atoms with Gasteiger partial charge in [0.25, 0.3) is 5.91 Å². The number of carbonyl (C=O) groups is 2. The molecule has 0 spiro atoms. The number of amides is 2. The van der Waals surface area contributed by atoms with E-state index in [0.29, 0.717) is 0 Å². The van der Waals surface area contributed by atoms with Crippen LogP contribution in [0.5, 0.6) is 5.75 Å². The van der Waals surface area contributed by atoms with E-state index in [1.165, 1.54) is 18.3 Å². The summed E-state index contributed by atoms with van der Waals surface area (Å²) in [6.07, 6.45) is 0.114. The van der Waals surface area contributed by atoms with Crippen molar-refractivity contribution in [1.29, 1.82) is 0 Å². The highest BCUT2D eigenvalue weighted by Crippen LogP contribution is 2.26. The Morgan fingerprint density at radius 2 is 1.87 bits per heavy atom. The molecule has 0 aliphatic heterocycles. The lowest BCUT2D eigenvalue weighted by Gasteiger charge is -2.09. The molecule has 6 nitrogen and oxygen atoms in total. The maximum atomic E-state index is 12.0. The molecule has 0 bridgehead atoms. The number of nitrogens with one attached hydrogen (secondary N) is 1. The second kappa shape index (κ2) is 7.23. The predicted octanol–water partition coefficient (Wildman–Crippen LogP) is 2.20. The van der Waals surface area contributed by atoms with Crippen LogP contribution in [0.4, 0.5) is 0 Å². The molecule has 0 fully saturated rings. The van der Waals surface area contributed by atoms with Crippen molar-refractivity contribution in [2.75, 3.05) is 0 Å². The third kappa shape index (κ3) is 4.53. The zero-order valence-electron chi connectivity index (χ0n) is 13.2. The Morgan fingerprint density at radius 3 is 2.43 bits per heavy atom. The molecule has 0 saturated heterocycles. The van der Waals surface area contributed by atoms with Crippen molar-refractivity contribution in [2.45, 2.75) is 32.9 Å². The van der Waals surface area contributed by atoms with Crippen molar-refractivity contribution in [3.63, 3.8) is 0 Å². The van der Waals surface area contributed by atoms with E-state index in [0.717, 1.165) is 16.3 Å². The zero-order valence-corrected chi connectivity index (χ0v) is 14.0. The van der Waals surface area contributed by atoms with E-state index in [-0.39, 0.29) is 11.8 Å². The van der Waals surface area contributed by atoms with Gasteiger partial charge in [0.1, 0.15) is 22.5 Å². The third-order valence-electron chi connectivity index (χ3n) is 2.98. The summed E-state index contributed by atoms with van der Waals surface area (Å²) in [6, 6.07) is 6.78. The molecule has 0 aliphatic carbocycles. The first kappa shape index (κ1) is 17.0. The summed E-state index contributed by atoms with van der Waals surface area (Å²) < 4.78 is 5.59. The Morgan fingerprint density at radius 1 is 1.22 bits per heavy atom. The molecule has 1 heterocycles. The van der Waals surface area contributed by atoms with E-state index in [2.05, 4.69) is 10.3 Å².